The summed E-state index contributed by atoms with van der Waals surface area (Å²) >= 11 is 0. The van der Waals surface area contributed by atoms with Gasteiger partial charge < -0.3 is 16.6 Å². The molecule has 1 heterocycles. The molecule has 164 valence electrons. The van der Waals surface area contributed by atoms with Gasteiger partial charge in [0.2, 0.25) is 5.91 Å². The number of aliphatic hydroxyl groups is 1. The van der Waals surface area contributed by atoms with Crippen molar-refractivity contribution in [1.82, 2.24) is 9.88 Å². The number of aliphatic hydroxyl groups excluding tert-OH is 1. The average molecular weight is 414 g/mol. The first-order valence-electron chi connectivity index (χ1n) is 9.80. The summed E-state index contributed by atoms with van der Waals surface area (Å²) in [6.07, 6.45) is -1.95. The molecule has 1 aromatic heterocycles. The van der Waals surface area contributed by atoms with E-state index in [2.05, 4.69) is 4.98 Å². The Balaban J connectivity index is 3.28. The third-order valence-corrected chi connectivity index (χ3v) is 4.99. The van der Waals surface area contributed by atoms with Crippen molar-refractivity contribution < 1.29 is 23.5 Å². The number of amides is 2. The van der Waals surface area contributed by atoms with E-state index in [1.807, 2.05) is 13.8 Å². The Kier molecular flexibility index (Phi) is 9.25. The van der Waals surface area contributed by atoms with Crippen LogP contribution in [0.3, 0.4) is 0 Å². The number of hydrogen-bond acceptors (Lipinski definition) is 6. The third kappa shape index (κ3) is 6.25. The molecule has 7 nitrogen and oxygen atoms in total. The predicted octanol–water partition coefficient (Wildman–Crippen LogP) is 2.20. The molecule has 0 aromatic carbocycles. The Morgan fingerprint density at radius 2 is 1.83 bits per heavy atom. The average Bonchev–Trinajstić information content (AvgIpc) is 2.70. The fourth-order valence-electron chi connectivity index (χ4n) is 2.68. The molecule has 0 bridgehead atoms. The van der Waals surface area contributed by atoms with Crippen LogP contribution in [0.1, 0.15) is 58.8 Å². The number of nitrogens with zero attached hydrogens (tertiary/aromatic N) is 2. The van der Waals surface area contributed by atoms with Crippen LogP contribution < -0.4 is 11.5 Å². The number of nitrogens with two attached hydrogens (primary N) is 2. The lowest BCUT2D eigenvalue weighted by Crippen LogP contribution is -2.59. The lowest BCUT2D eigenvalue weighted by atomic mass is 9.97. The van der Waals surface area contributed by atoms with Gasteiger partial charge in [0.25, 0.3) is 0 Å². The van der Waals surface area contributed by atoms with Crippen LogP contribution in [-0.4, -0.2) is 44.9 Å². The summed E-state index contributed by atoms with van der Waals surface area (Å²) < 4.78 is 29.6. The van der Waals surface area contributed by atoms with Crippen molar-refractivity contribution in [2.24, 2.45) is 23.3 Å². The van der Waals surface area contributed by atoms with Gasteiger partial charge in [-0.15, -0.1) is 0 Å². The molecule has 2 amide bonds. The highest BCUT2D eigenvalue weighted by Gasteiger charge is 2.52. The molecule has 0 aliphatic heterocycles. The number of halogens is 2. The number of pyridine rings is 1. The fourth-order valence-corrected chi connectivity index (χ4v) is 2.68. The lowest BCUT2D eigenvalue weighted by molar-refractivity contribution is -0.182. The molecule has 1 aromatic rings. The molecule has 0 aliphatic rings. The van der Waals surface area contributed by atoms with Crippen molar-refractivity contribution in [3.8, 4) is 0 Å². The minimum atomic E-state index is -4.20. The van der Waals surface area contributed by atoms with E-state index >= 15 is 0 Å². The lowest BCUT2D eigenvalue weighted by Gasteiger charge is -2.34. The molecule has 1 rings (SSSR count). The Bertz CT molecular complexity index is 673. The monoisotopic (exact) mass is 414 g/mol. The number of carbonyl (C=O) groups excluding carboxylic acids is 2. The van der Waals surface area contributed by atoms with Gasteiger partial charge in [0, 0.05) is 6.20 Å². The minimum Gasteiger partial charge on any atom is -0.386 e. The van der Waals surface area contributed by atoms with E-state index < -0.39 is 36.0 Å². The van der Waals surface area contributed by atoms with Crippen molar-refractivity contribution in [1.29, 1.82) is 0 Å². The van der Waals surface area contributed by atoms with Crippen molar-refractivity contribution in [3.63, 3.8) is 0 Å². The molecule has 29 heavy (non-hydrogen) atoms. The number of alkyl halides is 2. The summed E-state index contributed by atoms with van der Waals surface area (Å²) in [5.41, 5.74) is 12.0. The summed E-state index contributed by atoms with van der Waals surface area (Å²) in [5.74, 6) is -7.42. The molecule has 0 saturated carbocycles. The molecular formula is C20H32F2N4O3. The summed E-state index contributed by atoms with van der Waals surface area (Å²) in [4.78, 5) is 29.9. The second-order valence-corrected chi connectivity index (χ2v) is 7.73. The summed E-state index contributed by atoms with van der Waals surface area (Å²) in [6, 6.07) is 3.35. The SMILES string of the molecule is CC[C@H](C)[C@H](N)C(=O)N(C(=O)C(F)(F)C(O)CCC(C)C)C(N)c1ccccn1. The highest BCUT2D eigenvalue weighted by molar-refractivity contribution is 6.01. The molecule has 2 unspecified atom stereocenters. The van der Waals surface area contributed by atoms with E-state index in [0.29, 0.717) is 6.42 Å². The van der Waals surface area contributed by atoms with Crippen LogP contribution in [0.25, 0.3) is 0 Å². The van der Waals surface area contributed by atoms with E-state index in [1.54, 1.807) is 26.0 Å². The second-order valence-electron chi connectivity index (χ2n) is 7.73. The summed E-state index contributed by atoms with van der Waals surface area (Å²) in [6.45, 7) is 7.08. The van der Waals surface area contributed by atoms with E-state index in [4.69, 9.17) is 11.5 Å². The predicted molar refractivity (Wildman–Crippen MR) is 105 cm³/mol. The van der Waals surface area contributed by atoms with E-state index in [0.717, 1.165) is 0 Å². The number of imide groups is 1. The molecule has 9 heteroatoms. The molecule has 0 radical (unpaired) electrons. The van der Waals surface area contributed by atoms with Gasteiger partial charge in [-0.1, -0.05) is 40.2 Å². The smallest absolute Gasteiger partial charge is 0.350 e. The molecule has 0 fully saturated rings. The van der Waals surface area contributed by atoms with Crippen molar-refractivity contribution in [2.45, 2.75) is 71.2 Å². The molecule has 0 spiro atoms. The van der Waals surface area contributed by atoms with Crippen molar-refractivity contribution >= 4 is 11.8 Å². The highest BCUT2D eigenvalue weighted by atomic mass is 19.3. The summed E-state index contributed by atoms with van der Waals surface area (Å²) in [5, 5.41) is 9.98. The van der Waals surface area contributed by atoms with E-state index in [1.165, 1.54) is 12.3 Å². The summed E-state index contributed by atoms with van der Waals surface area (Å²) in [7, 11) is 0. The third-order valence-electron chi connectivity index (χ3n) is 4.99. The second kappa shape index (κ2) is 10.7. The fraction of sp³-hybridized carbons (Fsp3) is 0.650. The van der Waals surface area contributed by atoms with Crippen LogP contribution in [-0.2, 0) is 9.59 Å². The van der Waals surface area contributed by atoms with E-state index in [-0.39, 0.29) is 35.3 Å². The number of carbonyl (C=O) groups is 2. The number of rotatable bonds is 10. The van der Waals surface area contributed by atoms with Crippen molar-refractivity contribution in [2.75, 3.05) is 0 Å². The zero-order valence-corrected chi connectivity index (χ0v) is 17.4. The molecular weight excluding hydrogens is 382 g/mol. The normalized spacial score (nSPS) is 16.2. The quantitative estimate of drug-likeness (QED) is 0.505. The molecule has 4 atom stereocenters. The van der Waals surface area contributed by atoms with Gasteiger partial charge in [0.1, 0.15) is 12.3 Å². The van der Waals surface area contributed by atoms with Gasteiger partial charge in [-0.25, -0.2) is 0 Å². The Labute approximate surface area is 170 Å². The van der Waals surface area contributed by atoms with E-state index in [9.17, 15) is 23.5 Å². The van der Waals surface area contributed by atoms with Gasteiger partial charge in [0.15, 0.2) is 0 Å². The maximum absolute atomic E-state index is 14.8. The Hall–Kier alpha value is -1.97. The Morgan fingerprint density at radius 1 is 1.21 bits per heavy atom. The first-order chi connectivity index (χ1) is 13.4. The Morgan fingerprint density at radius 3 is 2.31 bits per heavy atom. The van der Waals surface area contributed by atoms with Crippen LogP contribution in [0.4, 0.5) is 8.78 Å². The van der Waals surface area contributed by atoms with Crippen LogP contribution in [0.5, 0.6) is 0 Å². The maximum atomic E-state index is 14.8. The number of aromatic nitrogens is 1. The van der Waals surface area contributed by atoms with Gasteiger partial charge in [-0.2, -0.15) is 8.78 Å². The van der Waals surface area contributed by atoms with Gasteiger partial charge >= 0.3 is 11.8 Å². The molecule has 0 aliphatic carbocycles. The zero-order valence-electron chi connectivity index (χ0n) is 17.4. The highest BCUT2D eigenvalue weighted by Crippen LogP contribution is 2.29. The molecule has 0 saturated heterocycles. The first kappa shape index (κ1) is 25.1. The van der Waals surface area contributed by atoms with Gasteiger partial charge in [-0.05, 0) is 36.8 Å². The maximum Gasteiger partial charge on any atom is 0.350 e. The molecule has 5 N–H and O–H groups in total. The van der Waals surface area contributed by atoms with Crippen LogP contribution >= 0.6 is 0 Å². The topological polar surface area (TPSA) is 123 Å². The first-order valence-corrected chi connectivity index (χ1v) is 9.80. The minimum absolute atomic E-state index is 0.0537. The zero-order chi connectivity index (χ0) is 22.4. The van der Waals surface area contributed by atoms with Crippen molar-refractivity contribution in [3.05, 3.63) is 30.1 Å². The standard InChI is InChI=1S/C20H32F2N4O3/c1-5-13(4)16(23)18(28)26(17(24)14-8-6-7-11-25-14)19(29)20(21,22)15(27)10-9-12(2)3/h6-8,11-13,15-17,27H,5,9-10,23-24H2,1-4H3/t13-,15?,16-,17?/m0/s1. The van der Waals surface area contributed by atoms with Gasteiger partial charge in [0.05, 0.1) is 11.7 Å². The number of hydrogen-bond donors (Lipinski definition) is 3. The van der Waals surface area contributed by atoms with Crippen LogP contribution in [0, 0.1) is 11.8 Å². The largest absolute Gasteiger partial charge is 0.386 e. The van der Waals surface area contributed by atoms with Crippen LogP contribution in [0.2, 0.25) is 0 Å². The van der Waals surface area contributed by atoms with Crippen LogP contribution in [0.15, 0.2) is 24.4 Å². The van der Waals surface area contributed by atoms with Gasteiger partial charge in [-0.3, -0.25) is 19.5 Å².